The summed E-state index contributed by atoms with van der Waals surface area (Å²) in [5.41, 5.74) is 3.75. The Balaban J connectivity index is 2.16. The van der Waals surface area contributed by atoms with Gasteiger partial charge in [0.15, 0.2) is 0 Å². The van der Waals surface area contributed by atoms with Gasteiger partial charge in [-0.3, -0.25) is 0 Å². The molecule has 18 heavy (non-hydrogen) atoms. The van der Waals surface area contributed by atoms with Gasteiger partial charge in [0, 0.05) is 4.83 Å². The van der Waals surface area contributed by atoms with Gasteiger partial charge in [0.2, 0.25) is 0 Å². The van der Waals surface area contributed by atoms with Crippen LogP contribution in [0.2, 0.25) is 0 Å². The molecule has 0 aliphatic heterocycles. The van der Waals surface area contributed by atoms with E-state index in [4.69, 9.17) is 4.74 Å². The third kappa shape index (κ3) is 3.14. The molecular weight excluding hydrogens is 288 g/mol. The first-order valence-electron chi connectivity index (χ1n) is 6.03. The molecule has 0 saturated heterocycles. The lowest BCUT2D eigenvalue weighted by Gasteiger charge is -2.13. The zero-order valence-electron chi connectivity index (χ0n) is 10.7. The molecule has 1 unspecified atom stereocenters. The number of hydrogen-bond acceptors (Lipinski definition) is 1. The molecule has 0 aliphatic carbocycles. The van der Waals surface area contributed by atoms with Crippen molar-refractivity contribution in [3.8, 4) is 5.75 Å². The average molecular weight is 305 g/mol. The number of rotatable bonds is 4. The summed E-state index contributed by atoms with van der Waals surface area (Å²) in [6.07, 6.45) is 0.979. The minimum Gasteiger partial charge on any atom is -0.496 e. The summed E-state index contributed by atoms with van der Waals surface area (Å²) in [6, 6.07) is 16.9. The highest BCUT2D eigenvalue weighted by Gasteiger charge is 2.10. The van der Waals surface area contributed by atoms with Gasteiger partial charge >= 0.3 is 0 Å². The predicted octanol–water partition coefficient (Wildman–Crippen LogP) is 4.68. The molecule has 2 heteroatoms. The van der Waals surface area contributed by atoms with Crippen LogP contribution in [0.4, 0.5) is 0 Å². The molecule has 2 aromatic carbocycles. The van der Waals surface area contributed by atoms with E-state index < -0.39 is 0 Å². The fraction of sp³-hybridized carbons (Fsp3) is 0.250. The van der Waals surface area contributed by atoms with Crippen molar-refractivity contribution in [2.75, 3.05) is 7.11 Å². The Labute approximate surface area is 117 Å². The quantitative estimate of drug-likeness (QED) is 0.745. The number of ether oxygens (including phenoxy) is 1. The smallest absolute Gasteiger partial charge is 0.122 e. The summed E-state index contributed by atoms with van der Waals surface area (Å²) in [6.45, 7) is 2.06. The molecule has 1 nitrogen and oxygen atoms in total. The Morgan fingerprint density at radius 2 is 1.83 bits per heavy atom. The lowest BCUT2D eigenvalue weighted by Crippen LogP contribution is -1.97. The molecule has 0 aliphatic rings. The SMILES string of the molecule is COc1cc(C(Br)Cc2ccccc2)ccc1C. The molecule has 0 saturated carbocycles. The third-order valence-electron chi connectivity index (χ3n) is 3.05. The van der Waals surface area contributed by atoms with Gasteiger partial charge < -0.3 is 4.74 Å². The maximum absolute atomic E-state index is 5.37. The summed E-state index contributed by atoms with van der Waals surface area (Å²) in [7, 11) is 1.71. The predicted molar refractivity (Wildman–Crippen MR) is 79.5 cm³/mol. The molecule has 0 aromatic heterocycles. The first-order chi connectivity index (χ1) is 8.70. The second kappa shape index (κ2) is 6.05. The molecule has 0 bridgehead atoms. The number of methoxy groups -OCH3 is 1. The van der Waals surface area contributed by atoms with Gasteiger partial charge in [-0.2, -0.15) is 0 Å². The minimum atomic E-state index is 0.314. The van der Waals surface area contributed by atoms with E-state index in [1.807, 2.05) is 6.07 Å². The summed E-state index contributed by atoms with van der Waals surface area (Å²) < 4.78 is 5.37. The zero-order valence-corrected chi connectivity index (χ0v) is 12.3. The lowest BCUT2D eigenvalue weighted by molar-refractivity contribution is 0.411. The van der Waals surface area contributed by atoms with E-state index in [1.165, 1.54) is 16.7 Å². The Bertz CT molecular complexity index is 508. The summed E-state index contributed by atoms with van der Waals surface area (Å²) in [5.74, 6) is 0.949. The molecule has 94 valence electrons. The second-order valence-corrected chi connectivity index (χ2v) is 5.49. The van der Waals surface area contributed by atoms with Crippen LogP contribution in [0.1, 0.15) is 21.5 Å². The fourth-order valence-corrected chi connectivity index (χ4v) is 2.63. The van der Waals surface area contributed by atoms with Gasteiger partial charge in [-0.15, -0.1) is 0 Å². The molecule has 0 heterocycles. The van der Waals surface area contributed by atoms with Crippen LogP contribution in [0.5, 0.6) is 5.75 Å². The van der Waals surface area contributed by atoms with Crippen LogP contribution >= 0.6 is 15.9 Å². The molecule has 0 amide bonds. The molecule has 2 rings (SSSR count). The van der Waals surface area contributed by atoms with Crippen molar-refractivity contribution in [1.82, 2.24) is 0 Å². The third-order valence-corrected chi connectivity index (χ3v) is 3.90. The van der Waals surface area contributed by atoms with Crippen molar-refractivity contribution in [2.24, 2.45) is 0 Å². The van der Waals surface area contributed by atoms with Crippen LogP contribution in [0.15, 0.2) is 48.5 Å². The van der Waals surface area contributed by atoms with E-state index in [2.05, 4.69) is 65.3 Å². The minimum absolute atomic E-state index is 0.314. The summed E-state index contributed by atoms with van der Waals surface area (Å²) in [4.78, 5) is 0.314. The molecule has 0 radical (unpaired) electrons. The van der Waals surface area contributed by atoms with Gasteiger partial charge in [-0.1, -0.05) is 58.4 Å². The Hall–Kier alpha value is -1.28. The van der Waals surface area contributed by atoms with Crippen molar-refractivity contribution in [3.63, 3.8) is 0 Å². The Kier molecular flexibility index (Phi) is 4.43. The lowest BCUT2D eigenvalue weighted by atomic mass is 10.0. The molecule has 0 N–H and O–H groups in total. The van der Waals surface area contributed by atoms with Crippen molar-refractivity contribution < 1.29 is 4.74 Å². The molecule has 2 aromatic rings. The van der Waals surface area contributed by atoms with E-state index in [0.29, 0.717) is 4.83 Å². The van der Waals surface area contributed by atoms with Crippen LogP contribution in [0, 0.1) is 6.92 Å². The molecule has 1 atom stereocenters. The fourth-order valence-electron chi connectivity index (χ4n) is 1.97. The van der Waals surface area contributed by atoms with E-state index in [-0.39, 0.29) is 0 Å². The maximum Gasteiger partial charge on any atom is 0.122 e. The van der Waals surface area contributed by atoms with Crippen LogP contribution in [-0.2, 0) is 6.42 Å². The average Bonchev–Trinajstić information content (AvgIpc) is 2.40. The number of hydrogen-bond donors (Lipinski definition) is 0. The molecular formula is C16H17BrO. The number of aryl methyl sites for hydroxylation is 1. The van der Waals surface area contributed by atoms with Crippen molar-refractivity contribution in [3.05, 3.63) is 65.2 Å². The Morgan fingerprint density at radius 3 is 2.50 bits per heavy atom. The van der Waals surface area contributed by atoms with Gasteiger partial charge in [-0.05, 0) is 36.1 Å². The first-order valence-corrected chi connectivity index (χ1v) is 6.95. The van der Waals surface area contributed by atoms with Crippen molar-refractivity contribution in [2.45, 2.75) is 18.2 Å². The van der Waals surface area contributed by atoms with Crippen LogP contribution < -0.4 is 4.74 Å². The number of alkyl halides is 1. The topological polar surface area (TPSA) is 9.23 Å². The van der Waals surface area contributed by atoms with Gasteiger partial charge in [0.25, 0.3) is 0 Å². The van der Waals surface area contributed by atoms with Crippen LogP contribution in [0.25, 0.3) is 0 Å². The first kappa shape index (κ1) is 13.2. The summed E-state index contributed by atoms with van der Waals surface area (Å²) in [5, 5.41) is 0. The highest BCUT2D eigenvalue weighted by Crippen LogP contribution is 2.30. The second-order valence-electron chi connectivity index (χ2n) is 4.39. The summed E-state index contributed by atoms with van der Waals surface area (Å²) >= 11 is 3.76. The van der Waals surface area contributed by atoms with E-state index >= 15 is 0 Å². The number of benzene rings is 2. The largest absolute Gasteiger partial charge is 0.496 e. The normalized spacial score (nSPS) is 12.2. The maximum atomic E-state index is 5.37. The zero-order chi connectivity index (χ0) is 13.0. The highest BCUT2D eigenvalue weighted by molar-refractivity contribution is 9.09. The van der Waals surface area contributed by atoms with Gasteiger partial charge in [-0.25, -0.2) is 0 Å². The van der Waals surface area contributed by atoms with E-state index in [9.17, 15) is 0 Å². The molecule has 0 spiro atoms. The van der Waals surface area contributed by atoms with E-state index in [0.717, 1.165) is 12.2 Å². The van der Waals surface area contributed by atoms with Crippen LogP contribution in [0.3, 0.4) is 0 Å². The highest BCUT2D eigenvalue weighted by atomic mass is 79.9. The van der Waals surface area contributed by atoms with E-state index in [1.54, 1.807) is 7.11 Å². The van der Waals surface area contributed by atoms with Gasteiger partial charge in [0.1, 0.15) is 5.75 Å². The van der Waals surface area contributed by atoms with Crippen molar-refractivity contribution in [1.29, 1.82) is 0 Å². The molecule has 0 fully saturated rings. The number of halogens is 1. The Morgan fingerprint density at radius 1 is 1.11 bits per heavy atom. The monoisotopic (exact) mass is 304 g/mol. The van der Waals surface area contributed by atoms with Crippen molar-refractivity contribution >= 4 is 15.9 Å². The van der Waals surface area contributed by atoms with Gasteiger partial charge in [0.05, 0.1) is 7.11 Å². The van der Waals surface area contributed by atoms with Crippen LogP contribution in [-0.4, -0.2) is 7.11 Å². The standard InChI is InChI=1S/C16H17BrO/c1-12-8-9-14(11-16(12)18-2)15(17)10-13-6-4-3-5-7-13/h3-9,11,15H,10H2,1-2H3.